The van der Waals surface area contributed by atoms with E-state index < -0.39 is 0 Å². The van der Waals surface area contributed by atoms with Crippen LogP contribution in [0.15, 0.2) is 524 Å². The lowest BCUT2D eigenvalue weighted by Crippen LogP contribution is -1.78. The number of nitrogens with zero attached hydrogens (tertiary/aromatic N) is 22. The van der Waals surface area contributed by atoms with Crippen LogP contribution in [0.5, 0.6) is 0 Å². The molecule has 0 unspecified atom stereocenters. The van der Waals surface area contributed by atoms with E-state index in [9.17, 15) is 0 Å². The molecule has 22 aromatic heterocycles. The highest BCUT2D eigenvalue weighted by Gasteiger charge is 1.93. The van der Waals surface area contributed by atoms with Crippen molar-refractivity contribution < 1.29 is 13.4 Å². The van der Waals surface area contributed by atoms with Crippen molar-refractivity contribution >= 4 is 121 Å². The molecule has 0 amide bonds. The molecule has 31 nitrogen and oxygen atoms in total. The third-order valence-electron chi connectivity index (χ3n) is 13.4. The van der Waals surface area contributed by atoms with Gasteiger partial charge in [-0.2, -0.15) is 31.8 Å². The lowest BCUT2D eigenvalue weighted by atomic mass is 10.3. The number of oxazole rings is 1. The fraction of sp³-hybridized carbons (Fsp3) is 0.153. The highest BCUT2D eigenvalue weighted by molar-refractivity contribution is 7.25. The summed E-state index contributed by atoms with van der Waals surface area (Å²) in [5.74, 6) is 0. The minimum atomic E-state index is 0. The normalized spacial score (nSPS) is 7.76. The number of thiazole rings is 1. The maximum atomic E-state index is 4.58. The molecule has 148 heavy (non-hydrogen) atoms. The summed E-state index contributed by atoms with van der Waals surface area (Å²) in [6.07, 6.45) is 64.5. The number of imidazole rings is 2. The standard InChI is InChI=1S/C8H6N2.C8H7N.C8H6S.C7H6N2.C6H4S2.2C5H5N.3C4H4N2.C4H5N.C4H4O.C4H4S.C3H3N3.2C3H4N2.2C3H3NO.2C3H3NS.C2H3N3.17CH4/c1-2-4-8-7(3-1)9-5-6-10-8;2*1-2-4-8-7(3-1)5-6-9-8;1-2-4-7-6(3-1)8-5-9-7;1-3-7-6-2-4-8-5(1)6;2*1-2-4-6-5-3-1;1-2-6-4-3-5-1;2*1-2-5-4-6-3-1;3*1-2-4-5-3-1;1-4-2-6-3-5-1;1-2-5-3-4-1;1-2-4-5-3-1;1-2-5-3-4-1;1-2-4-5-3-1;1-2-5-3-4-1;2*1-2-4-5-3-1;;;;;;;;;;;;;;;;;/h1-6H;1-6,9H;1-6H;1-5H,(H,8,9);1-4H;2*1-5H;3*1-4H;1-5H;2*1-4H;1-3H;2*1-3H,(H,4,5);4*1-3H;1-2H,(H,3,4,5);17*1H4. The molecule has 26 aromatic rings. The number of aromatic amines is 6. The number of benzene rings is 4. The Balaban J connectivity index is -0.000000131. The van der Waals surface area contributed by atoms with Gasteiger partial charge in [0.2, 0.25) is 0 Å². The van der Waals surface area contributed by atoms with Gasteiger partial charge >= 0.3 is 0 Å². The zero-order valence-corrected chi connectivity index (χ0v) is 74.9. The number of hydrogen-bond donors (Lipinski definition) is 6. The van der Waals surface area contributed by atoms with E-state index in [0.717, 1.165) is 22.1 Å². The summed E-state index contributed by atoms with van der Waals surface area (Å²) in [5.41, 5.74) is 7.02. The van der Waals surface area contributed by atoms with Gasteiger partial charge < -0.3 is 33.3 Å². The minimum Gasteiger partial charge on any atom is -0.473 e. The van der Waals surface area contributed by atoms with E-state index in [2.05, 4.69) is 230 Å². The Morgan fingerprint density at radius 3 is 1.05 bits per heavy atom. The molecule has 0 aliphatic heterocycles. The molecule has 0 saturated carbocycles. The molecule has 0 spiro atoms. The first-order valence-electron chi connectivity index (χ1n) is 38.6. The van der Waals surface area contributed by atoms with Gasteiger partial charge in [-0.1, -0.05) is 216 Å². The van der Waals surface area contributed by atoms with Crippen molar-refractivity contribution in [1.82, 2.24) is 140 Å². The van der Waals surface area contributed by atoms with Gasteiger partial charge in [0.1, 0.15) is 44.2 Å². The molecule has 0 aliphatic rings. The molecule has 4 aromatic carbocycles. The third kappa shape index (κ3) is 89.0. The Kier molecular flexibility index (Phi) is 127. The summed E-state index contributed by atoms with van der Waals surface area (Å²) in [6, 6.07) is 72.9. The van der Waals surface area contributed by atoms with Gasteiger partial charge in [0.25, 0.3) is 0 Å². The average Bonchev–Trinajstić information content (AvgIpc) is 1.75. The number of fused-ring (bicyclic) bond motifs is 5. The Labute approximate surface area is 904 Å². The van der Waals surface area contributed by atoms with Crippen LogP contribution in [0.2, 0.25) is 0 Å². The monoisotopic (exact) mass is 2120 g/mol. The molecule has 0 saturated heterocycles. The number of aromatic nitrogens is 28. The van der Waals surface area contributed by atoms with Gasteiger partial charge in [-0.05, 0) is 189 Å². The first-order valence-corrected chi connectivity index (χ1v) is 43.9. The van der Waals surface area contributed by atoms with Crippen molar-refractivity contribution in [2.75, 3.05) is 0 Å². The smallest absolute Gasteiger partial charge is 0.180 e. The lowest BCUT2D eigenvalue weighted by Gasteiger charge is -1.90. The zero-order valence-electron chi connectivity index (χ0n) is 70.0. The summed E-state index contributed by atoms with van der Waals surface area (Å²) in [7, 11) is 0. The Morgan fingerprint density at radius 1 is 0.236 bits per heavy atom. The van der Waals surface area contributed by atoms with Crippen LogP contribution >= 0.6 is 68.2 Å². The van der Waals surface area contributed by atoms with E-state index in [1.165, 1.54) is 92.5 Å². The van der Waals surface area contributed by atoms with Crippen molar-refractivity contribution in [1.29, 1.82) is 0 Å². The van der Waals surface area contributed by atoms with Gasteiger partial charge in [0, 0.05) is 173 Å². The van der Waals surface area contributed by atoms with Crippen LogP contribution < -0.4 is 0 Å². The second-order valence-electron chi connectivity index (χ2n) is 22.5. The summed E-state index contributed by atoms with van der Waals surface area (Å²) in [5, 5.41) is 35.8. The van der Waals surface area contributed by atoms with Gasteiger partial charge in [0.15, 0.2) is 6.39 Å². The largest absolute Gasteiger partial charge is 0.473 e. The summed E-state index contributed by atoms with van der Waals surface area (Å²) >= 11 is 10.2. The number of hydrogen-bond acceptors (Lipinski definition) is 31. The second kappa shape index (κ2) is 120. The van der Waals surface area contributed by atoms with E-state index in [-0.39, 0.29) is 126 Å². The number of para-hydroxylation sites is 5. The number of pyridine rings is 2. The molecule has 0 atom stereocenters. The fourth-order valence-corrected chi connectivity index (χ4v) is 11.8. The molecule has 0 fully saturated rings. The van der Waals surface area contributed by atoms with E-state index in [1.807, 2.05) is 186 Å². The van der Waals surface area contributed by atoms with Gasteiger partial charge in [-0.3, -0.25) is 40.0 Å². The number of rotatable bonds is 0. The third-order valence-corrected chi connectivity index (χ3v) is 17.9. The molecule has 0 radical (unpaired) electrons. The number of nitrogens with one attached hydrogen (secondary N) is 6. The first kappa shape index (κ1) is 156. The number of H-pyrrole nitrogens is 6. The highest BCUT2D eigenvalue weighted by Crippen LogP contribution is 2.25. The van der Waals surface area contributed by atoms with Crippen molar-refractivity contribution in [3.8, 4) is 0 Å². The Bertz CT molecular complexity index is 4970. The fourth-order valence-electron chi connectivity index (χ4n) is 8.01. The van der Waals surface area contributed by atoms with E-state index in [1.54, 1.807) is 254 Å². The van der Waals surface area contributed by atoms with Crippen LogP contribution in [0.25, 0.3) is 52.5 Å². The molecule has 22 heterocycles. The lowest BCUT2D eigenvalue weighted by molar-refractivity contribution is 0.420. The van der Waals surface area contributed by atoms with Gasteiger partial charge in [0.05, 0.1) is 77.5 Å². The van der Waals surface area contributed by atoms with Crippen LogP contribution in [0.4, 0.5) is 0 Å². The maximum Gasteiger partial charge on any atom is 0.180 e. The van der Waals surface area contributed by atoms with Crippen LogP contribution in [-0.2, 0) is 0 Å². The molecule has 26 rings (SSSR count). The van der Waals surface area contributed by atoms with Gasteiger partial charge in [-0.15, -0.1) is 45.3 Å². The summed E-state index contributed by atoms with van der Waals surface area (Å²) in [4.78, 5) is 75.4. The first-order chi connectivity index (χ1) is 65.3. The SMILES string of the molecule is C.C.C.C.C.C.C.C.C.C.C.C.C.C.C.C.C.c1c[nH]cn1.c1cc2sccc2s1.c1cc[nH]c1.c1ccc2[nH]ccc2c1.c1ccc2[nH]cnc2c1.c1ccc2nccnc2c1.c1ccc2sccc2c1.c1ccncc1.c1ccncc1.c1ccoc1.c1ccsc1.c1cn[nH]c1.c1cn[nH]n1.c1cnccn1.c1cncnc1.c1cncnc1.c1cnoc1.c1cnsc1.c1cocn1.c1cscn1.c1ncncn1. The van der Waals surface area contributed by atoms with Crippen LogP contribution in [-0.4, -0.2) is 140 Å². The van der Waals surface area contributed by atoms with E-state index in [0.29, 0.717) is 0 Å². The highest BCUT2D eigenvalue weighted by atomic mass is 32.1. The Morgan fingerprint density at radius 2 is 0.750 bits per heavy atom. The van der Waals surface area contributed by atoms with Crippen LogP contribution in [0, 0.1) is 0 Å². The van der Waals surface area contributed by atoms with Crippen LogP contribution in [0.3, 0.4) is 0 Å². The molecule has 796 valence electrons. The molecule has 37 heteroatoms. The quantitative estimate of drug-likeness (QED) is 0.0821. The van der Waals surface area contributed by atoms with Crippen LogP contribution in [0.1, 0.15) is 126 Å². The molecular formula is C111H158N28O3S6. The molecule has 6 N–H and O–H groups in total. The van der Waals surface area contributed by atoms with Crippen molar-refractivity contribution in [2.45, 2.75) is 126 Å². The van der Waals surface area contributed by atoms with Crippen molar-refractivity contribution in [2.24, 2.45) is 0 Å². The van der Waals surface area contributed by atoms with Crippen molar-refractivity contribution in [3.05, 3.63) is 511 Å². The molecule has 0 bridgehead atoms. The average molecular weight is 2130 g/mol. The predicted molar refractivity (Wildman–Crippen MR) is 639 cm³/mol. The van der Waals surface area contributed by atoms with Crippen molar-refractivity contribution in [3.63, 3.8) is 0 Å². The number of furan rings is 1. The van der Waals surface area contributed by atoms with E-state index >= 15 is 0 Å². The summed E-state index contributed by atoms with van der Waals surface area (Å²) in [6.45, 7) is 0. The zero-order chi connectivity index (χ0) is 91.3. The number of thiophene rings is 4. The minimum absolute atomic E-state index is 0. The van der Waals surface area contributed by atoms with E-state index in [4.69, 9.17) is 0 Å². The second-order valence-corrected chi connectivity index (χ2v) is 27.6. The van der Waals surface area contributed by atoms with Gasteiger partial charge in [-0.25, -0.2) is 54.2 Å². The predicted octanol–water partition coefficient (Wildman–Crippen LogP) is 33.8. The Hall–Kier alpha value is -17.1. The molecular weight excluding hydrogens is 1970 g/mol. The molecule has 0 aliphatic carbocycles. The topological polar surface area (TPSA) is 418 Å². The summed E-state index contributed by atoms with van der Waals surface area (Å²) < 4.78 is 21.3. The maximum absolute atomic E-state index is 4.58.